The Morgan fingerprint density at radius 1 is 1.27 bits per heavy atom. The van der Waals surface area contributed by atoms with Crippen LogP contribution >= 0.6 is 0 Å². The second-order valence-electron chi connectivity index (χ2n) is 8.26. The van der Waals surface area contributed by atoms with Gasteiger partial charge in [-0.15, -0.1) is 0 Å². The predicted molar refractivity (Wildman–Crippen MR) is 81.9 cm³/mol. The van der Waals surface area contributed by atoms with Crippen molar-refractivity contribution in [2.45, 2.75) is 58.0 Å². The maximum absolute atomic E-state index is 15.0. The zero-order valence-corrected chi connectivity index (χ0v) is 13.3. The van der Waals surface area contributed by atoms with Gasteiger partial charge in [0.25, 0.3) is 0 Å². The fraction of sp³-hybridized carbons (Fsp3) is 0.789. The Balaban J connectivity index is 1.67. The lowest BCUT2D eigenvalue weighted by atomic mass is 9.51. The monoisotopic (exact) mass is 304 g/mol. The zero-order valence-electron chi connectivity index (χ0n) is 13.3. The number of rotatable bonds is 1. The number of alkyl halides is 1. The first-order valence-corrected chi connectivity index (χ1v) is 8.87. The maximum atomic E-state index is 15.0. The van der Waals surface area contributed by atoms with Crippen LogP contribution in [0.3, 0.4) is 0 Å². The van der Waals surface area contributed by atoms with Gasteiger partial charge in [0, 0.05) is 18.8 Å². The van der Waals surface area contributed by atoms with Crippen molar-refractivity contribution in [1.82, 2.24) is 0 Å². The Morgan fingerprint density at radius 3 is 2.86 bits per heavy atom. The van der Waals surface area contributed by atoms with Crippen molar-refractivity contribution in [2.75, 3.05) is 0 Å². The number of hydrogen-bond acceptors (Lipinski definition) is 2. The molecule has 0 aliphatic heterocycles. The molecule has 0 heterocycles. The van der Waals surface area contributed by atoms with E-state index in [1.165, 1.54) is 0 Å². The van der Waals surface area contributed by atoms with Gasteiger partial charge in [0.1, 0.15) is 12.5 Å². The van der Waals surface area contributed by atoms with Gasteiger partial charge < -0.3 is 4.79 Å². The zero-order chi connectivity index (χ0) is 15.5. The highest BCUT2D eigenvalue weighted by molar-refractivity contribution is 5.91. The number of carbonyl (C=O) groups excluding carboxylic acids is 2. The third kappa shape index (κ3) is 1.90. The van der Waals surface area contributed by atoms with Crippen LogP contribution in [0, 0.1) is 35.0 Å². The van der Waals surface area contributed by atoms with E-state index in [0.29, 0.717) is 30.6 Å². The summed E-state index contributed by atoms with van der Waals surface area (Å²) in [5, 5.41) is 0. The smallest absolute Gasteiger partial charge is 0.155 e. The average molecular weight is 304 g/mol. The van der Waals surface area contributed by atoms with E-state index in [-0.39, 0.29) is 23.0 Å². The molecule has 4 aliphatic rings. The van der Waals surface area contributed by atoms with Gasteiger partial charge in [0.05, 0.1) is 0 Å². The van der Waals surface area contributed by atoms with Gasteiger partial charge >= 0.3 is 0 Å². The first-order valence-electron chi connectivity index (χ1n) is 8.87. The molecule has 3 heteroatoms. The van der Waals surface area contributed by atoms with Gasteiger partial charge in [-0.1, -0.05) is 12.5 Å². The average Bonchev–Trinajstić information content (AvgIpc) is 2.83. The lowest BCUT2D eigenvalue weighted by molar-refractivity contribution is -0.120. The molecule has 22 heavy (non-hydrogen) atoms. The van der Waals surface area contributed by atoms with E-state index < -0.39 is 6.17 Å². The number of fused-ring (bicyclic) bond motifs is 5. The molecule has 0 aromatic heterocycles. The summed E-state index contributed by atoms with van der Waals surface area (Å²) in [5.41, 5.74) is 1.09. The van der Waals surface area contributed by atoms with Crippen LogP contribution in [0.25, 0.3) is 0 Å². The molecule has 3 saturated carbocycles. The molecule has 4 aliphatic carbocycles. The van der Waals surface area contributed by atoms with Crippen molar-refractivity contribution >= 4 is 12.1 Å². The van der Waals surface area contributed by atoms with E-state index in [2.05, 4.69) is 6.92 Å². The SMILES string of the molecule is C[C@]12CC[C@H]3[C@@H]([C@H](F)CC4=CC(=O)CC[C@@H]43)[C@@H]1CC[C@@H]2C=O. The predicted octanol–water partition coefficient (Wildman–Crippen LogP) is 3.89. The van der Waals surface area contributed by atoms with Crippen LogP contribution in [0.5, 0.6) is 0 Å². The van der Waals surface area contributed by atoms with Crippen molar-refractivity contribution < 1.29 is 14.0 Å². The minimum atomic E-state index is -0.826. The van der Waals surface area contributed by atoms with E-state index in [0.717, 1.165) is 44.0 Å². The van der Waals surface area contributed by atoms with Gasteiger partial charge in [-0.2, -0.15) is 0 Å². The molecule has 0 saturated heterocycles. The quantitative estimate of drug-likeness (QED) is 0.689. The topological polar surface area (TPSA) is 34.1 Å². The second kappa shape index (κ2) is 5.01. The minimum absolute atomic E-state index is 0.0129. The molecule has 0 bridgehead atoms. The lowest BCUT2D eigenvalue weighted by Crippen LogP contribution is -2.50. The van der Waals surface area contributed by atoms with Gasteiger partial charge in [-0.3, -0.25) is 4.79 Å². The standard InChI is InChI=1S/C19H25FO2/c1-19-7-6-15-14-4-3-13(22)8-11(14)9-17(20)18(15)16(19)5-2-12(19)10-21/h8,10,12,14-18H,2-7,9H2,1H3/t12-,14+,15-,16+,17-,18-,19-/m1/s1. The number of aldehydes is 1. The number of carbonyl (C=O) groups is 2. The molecular formula is C19H25FO2. The number of hydrogen-bond donors (Lipinski definition) is 0. The van der Waals surface area contributed by atoms with Crippen molar-refractivity contribution in [3.05, 3.63) is 11.6 Å². The Bertz CT molecular complexity index is 540. The molecule has 0 N–H and O–H groups in total. The normalized spacial score (nSPS) is 50.6. The van der Waals surface area contributed by atoms with Gasteiger partial charge in [-0.25, -0.2) is 4.39 Å². The van der Waals surface area contributed by atoms with Crippen LogP contribution in [-0.2, 0) is 9.59 Å². The molecule has 0 radical (unpaired) electrons. The highest BCUT2D eigenvalue weighted by Gasteiger charge is 2.58. The summed E-state index contributed by atoms with van der Waals surface area (Å²) < 4.78 is 15.0. The first-order chi connectivity index (χ1) is 10.5. The minimum Gasteiger partial charge on any atom is -0.303 e. The summed E-state index contributed by atoms with van der Waals surface area (Å²) in [6, 6.07) is 0. The third-order valence-corrected chi connectivity index (χ3v) is 7.51. The van der Waals surface area contributed by atoms with Crippen molar-refractivity contribution in [2.24, 2.45) is 35.0 Å². The Kier molecular flexibility index (Phi) is 3.32. The Hall–Kier alpha value is -0.990. The molecule has 0 spiro atoms. The fourth-order valence-corrected chi connectivity index (χ4v) is 6.41. The molecule has 0 aromatic carbocycles. The number of ketones is 1. The van der Waals surface area contributed by atoms with Crippen molar-refractivity contribution in [3.63, 3.8) is 0 Å². The molecule has 2 nitrogen and oxygen atoms in total. The molecular weight excluding hydrogens is 279 g/mol. The highest BCUT2D eigenvalue weighted by Crippen LogP contribution is 2.63. The van der Waals surface area contributed by atoms with E-state index in [9.17, 15) is 9.59 Å². The lowest BCUT2D eigenvalue weighted by Gasteiger charge is -2.54. The number of halogens is 1. The highest BCUT2D eigenvalue weighted by atomic mass is 19.1. The summed E-state index contributed by atoms with van der Waals surface area (Å²) in [4.78, 5) is 23.1. The number of allylic oxidation sites excluding steroid dienone is 1. The van der Waals surface area contributed by atoms with Crippen LogP contribution in [0.15, 0.2) is 11.6 Å². The molecule has 3 fully saturated rings. The van der Waals surface area contributed by atoms with E-state index in [4.69, 9.17) is 0 Å². The summed E-state index contributed by atoms with van der Waals surface area (Å²) in [6.45, 7) is 2.22. The van der Waals surface area contributed by atoms with Crippen LogP contribution in [-0.4, -0.2) is 18.2 Å². The maximum Gasteiger partial charge on any atom is 0.155 e. The van der Waals surface area contributed by atoms with E-state index in [1.807, 2.05) is 0 Å². The van der Waals surface area contributed by atoms with Crippen LogP contribution in [0.1, 0.15) is 51.9 Å². The van der Waals surface area contributed by atoms with Gasteiger partial charge in [0.2, 0.25) is 0 Å². The summed E-state index contributed by atoms with van der Waals surface area (Å²) >= 11 is 0. The largest absolute Gasteiger partial charge is 0.303 e. The molecule has 0 unspecified atom stereocenters. The fourth-order valence-electron chi connectivity index (χ4n) is 6.41. The molecule has 0 amide bonds. The summed E-state index contributed by atoms with van der Waals surface area (Å²) in [5.74, 6) is 1.59. The molecule has 7 atom stereocenters. The van der Waals surface area contributed by atoms with E-state index >= 15 is 4.39 Å². The Labute approximate surface area is 131 Å². The summed E-state index contributed by atoms with van der Waals surface area (Å²) in [6.07, 6.45) is 8.06. The van der Waals surface area contributed by atoms with Crippen LogP contribution in [0.2, 0.25) is 0 Å². The van der Waals surface area contributed by atoms with E-state index in [1.54, 1.807) is 6.08 Å². The summed E-state index contributed by atoms with van der Waals surface area (Å²) in [7, 11) is 0. The Morgan fingerprint density at radius 2 is 2.09 bits per heavy atom. The molecule has 120 valence electrons. The van der Waals surface area contributed by atoms with Gasteiger partial charge in [-0.05, 0) is 67.3 Å². The van der Waals surface area contributed by atoms with Crippen LogP contribution < -0.4 is 0 Å². The third-order valence-electron chi connectivity index (χ3n) is 7.51. The van der Waals surface area contributed by atoms with Crippen LogP contribution in [0.4, 0.5) is 4.39 Å². The van der Waals surface area contributed by atoms with Gasteiger partial charge in [0.15, 0.2) is 5.78 Å². The molecule has 0 aromatic rings. The van der Waals surface area contributed by atoms with Crippen molar-refractivity contribution in [3.8, 4) is 0 Å². The van der Waals surface area contributed by atoms with Crippen molar-refractivity contribution in [1.29, 1.82) is 0 Å². The molecule has 4 rings (SSSR count). The first kappa shape index (κ1) is 14.6. The second-order valence-corrected chi connectivity index (χ2v) is 8.26.